The Bertz CT molecular complexity index is 492. The van der Waals surface area contributed by atoms with Gasteiger partial charge in [-0.3, -0.25) is 4.79 Å². The first-order valence-electron chi connectivity index (χ1n) is 5.76. The molecule has 0 bridgehead atoms. The second-order valence-electron chi connectivity index (χ2n) is 4.36. The van der Waals surface area contributed by atoms with Crippen LogP contribution >= 0.6 is 0 Å². The molecule has 0 saturated heterocycles. The minimum Gasteiger partial charge on any atom is -0.449 e. The highest BCUT2D eigenvalue weighted by atomic mass is 16.7. The van der Waals surface area contributed by atoms with Crippen molar-refractivity contribution in [3.8, 4) is 0 Å². The molecule has 0 fully saturated rings. The lowest BCUT2D eigenvalue weighted by Crippen LogP contribution is -2.27. The highest BCUT2D eigenvalue weighted by molar-refractivity contribution is 5.83. The molecule has 94 valence electrons. The summed E-state index contributed by atoms with van der Waals surface area (Å²) in [5, 5.41) is 8.47. The lowest BCUT2D eigenvalue weighted by atomic mass is 9.77. The highest BCUT2D eigenvalue weighted by Gasteiger charge is 2.31. The molecule has 2 unspecified atom stereocenters. The number of benzene rings is 1. The topological polar surface area (TPSA) is 63.6 Å². The number of rotatable bonds is 2. The Labute approximate surface area is 105 Å². The molecule has 0 spiro atoms. The number of esters is 1. The summed E-state index contributed by atoms with van der Waals surface area (Å²) < 4.78 is 4.24. The van der Waals surface area contributed by atoms with Gasteiger partial charge in [-0.15, -0.1) is 6.58 Å². The van der Waals surface area contributed by atoms with Crippen molar-refractivity contribution in [2.45, 2.75) is 18.8 Å². The zero-order chi connectivity index (χ0) is 13.1. The summed E-state index contributed by atoms with van der Waals surface area (Å²) in [6, 6.07) is 7.82. The predicted octanol–water partition coefficient (Wildman–Crippen LogP) is 2.74. The Morgan fingerprint density at radius 3 is 2.78 bits per heavy atom. The molecule has 1 aromatic carbocycles. The van der Waals surface area contributed by atoms with E-state index in [2.05, 4.69) is 11.3 Å². The van der Waals surface area contributed by atoms with Gasteiger partial charge in [0.25, 0.3) is 0 Å². The van der Waals surface area contributed by atoms with Crippen LogP contribution in [-0.2, 0) is 16.0 Å². The number of carboxylic acid groups (broad SMARTS) is 1. The van der Waals surface area contributed by atoms with Crippen molar-refractivity contribution in [3.63, 3.8) is 0 Å². The molecular weight excluding hydrogens is 232 g/mol. The van der Waals surface area contributed by atoms with Gasteiger partial charge in [0.2, 0.25) is 0 Å². The second-order valence-corrected chi connectivity index (χ2v) is 4.36. The van der Waals surface area contributed by atoms with E-state index in [0.717, 1.165) is 11.1 Å². The average molecular weight is 246 g/mol. The molecule has 1 N–H and O–H groups in total. The third-order valence-electron chi connectivity index (χ3n) is 3.27. The maximum absolute atomic E-state index is 11.6. The van der Waals surface area contributed by atoms with Gasteiger partial charge in [0.15, 0.2) is 0 Å². The van der Waals surface area contributed by atoms with Crippen LogP contribution in [0.15, 0.2) is 36.9 Å². The Morgan fingerprint density at radius 1 is 1.39 bits per heavy atom. The number of carbonyl (C=O) groups is 2. The van der Waals surface area contributed by atoms with Crippen LogP contribution in [0, 0.1) is 5.92 Å². The number of ether oxygens (including phenoxy) is 1. The van der Waals surface area contributed by atoms with E-state index < -0.39 is 18.0 Å². The quantitative estimate of drug-likeness (QED) is 0.495. The number of carbonyl (C=O) groups excluding carboxylic acids is 1. The summed E-state index contributed by atoms with van der Waals surface area (Å²) in [6.45, 7) is 3.77. The molecule has 0 heterocycles. The van der Waals surface area contributed by atoms with E-state index in [1.165, 1.54) is 0 Å². The zero-order valence-corrected chi connectivity index (χ0v) is 9.83. The normalized spacial score (nSPS) is 21.8. The van der Waals surface area contributed by atoms with Crippen molar-refractivity contribution in [2.75, 3.05) is 0 Å². The van der Waals surface area contributed by atoms with Gasteiger partial charge in [0.1, 0.15) is 0 Å². The minimum atomic E-state index is -1.55. The molecule has 2 rings (SSSR count). The molecule has 1 aromatic rings. The Hall–Kier alpha value is -2.10. The van der Waals surface area contributed by atoms with Crippen LogP contribution in [0.1, 0.15) is 23.5 Å². The van der Waals surface area contributed by atoms with Gasteiger partial charge in [-0.25, -0.2) is 4.79 Å². The molecule has 4 heteroatoms. The summed E-state index contributed by atoms with van der Waals surface area (Å²) in [4.78, 5) is 22.0. The van der Waals surface area contributed by atoms with Gasteiger partial charge >= 0.3 is 12.1 Å². The van der Waals surface area contributed by atoms with E-state index in [0.29, 0.717) is 12.8 Å². The molecule has 0 saturated carbocycles. The molecule has 0 radical (unpaired) electrons. The zero-order valence-electron chi connectivity index (χ0n) is 9.83. The molecule has 0 aromatic heterocycles. The summed E-state index contributed by atoms with van der Waals surface area (Å²) in [6.07, 6.45) is 1.31. The van der Waals surface area contributed by atoms with Gasteiger partial charge in [0.05, 0.1) is 5.92 Å². The van der Waals surface area contributed by atoms with E-state index in [-0.39, 0.29) is 5.92 Å². The van der Waals surface area contributed by atoms with E-state index in [4.69, 9.17) is 5.11 Å². The van der Waals surface area contributed by atoms with Crippen LogP contribution in [-0.4, -0.2) is 17.2 Å². The van der Waals surface area contributed by atoms with Gasteiger partial charge in [-0.05, 0) is 24.0 Å². The largest absolute Gasteiger partial charge is 0.513 e. The van der Waals surface area contributed by atoms with Crippen molar-refractivity contribution in [1.82, 2.24) is 0 Å². The smallest absolute Gasteiger partial charge is 0.449 e. The molecule has 1 aliphatic carbocycles. The van der Waals surface area contributed by atoms with Crippen LogP contribution in [0.5, 0.6) is 0 Å². The minimum absolute atomic E-state index is 0.0706. The van der Waals surface area contributed by atoms with Gasteiger partial charge < -0.3 is 9.84 Å². The van der Waals surface area contributed by atoms with E-state index >= 15 is 0 Å². The second kappa shape index (κ2) is 5.04. The third kappa shape index (κ3) is 2.42. The van der Waals surface area contributed by atoms with Crippen molar-refractivity contribution in [2.24, 2.45) is 5.92 Å². The number of hydrogen-bond donors (Lipinski definition) is 1. The highest BCUT2D eigenvalue weighted by Crippen LogP contribution is 2.35. The van der Waals surface area contributed by atoms with Crippen molar-refractivity contribution < 1.29 is 19.4 Å². The third-order valence-corrected chi connectivity index (χ3v) is 3.27. The summed E-state index contributed by atoms with van der Waals surface area (Å²) in [5.41, 5.74) is 2.22. The Balaban J connectivity index is 2.22. The monoisotopic (exact) mass is 246 g/mol. The van der Waals surface area contributed by atoms with Crippen molar-refractivity contribution >= 4 is 12.1 Å². The first kappa shape index (κ1) is 12.4. The van der Waals surface area contributed by atoms with Gasteiger partial charge in [-0.1, -0.05) is 30.3 Å². The van der Waals surface area contributed by atoms with Crippen LogP contribution in [0.4, 0.5) is 4.79 Å². The lowest BCUT2D eigenvalue weighted by Gasteiger charge is -2.28. The fourth-order valence-corrected chi connectivity index (χ4v) is 2.44. The fourth-order valence-electron chi connectivity index (χ4n) is 2.44. The fraction of sp³-hybridized carbons (Fsp3) is 0.286. The molecule has 18 heavy (non-hydrogen) atoms. The van der Waals surface area contributed by atoms with E-state index in [9.17, 15) is 9.59 Å². The molecule has 2 atom stereocenters. The summed E-state index contributed by atoms with van der Waals surface area (Å²) in [7, 11) is 0. The number of allylic oxidation sites excluding steroid dienone is 1. The number of fused-ring (bicyclic) bond motifs is 1. The number of hydrogen-bond acceptors (Lipinski definition) is 3. The Morgan fingerprint density at radius 2 is 2.11 bits per heavy atom. The maximum atomic E-state index is 11.6. The van der Waals surface area contributed by atoms with E-state index in [1.807, 2.05) is 24.3 Å². The molecule has 4 nitrogen and oxygen atoms in total. The molecule has 0 aliphatic heterocycles. The SMILES string of the molecule is C=CC1CC(C(=O)OC(=O)O)Cc2ccccc21. The van der Waals surface area contributed by atoms with Gasteiger partial charge in [0, 0.05) is 5.92 Å². The first-order chi connectivity index (χ1) is 8.61. The van der Waals surface area contributed by atoms with Crippen LogP contribution < -0.4 is 0 Å². The summed E-state index contributed by atoms with van der Waals surface area (Å²) in [5.74, 6) is -1.02. The van der Waals surface area contributed by atoms with E-state index in [1.54, 1.807) is 6.08 Å². The lowest BCUT2D eigenvalue weighted by molar-refractivity contribution is -0.144. The van der Waals surface area contributed by atoms with Crippen molar-refractivity contribution in [3.05, 3.63) is 48.0 Å². The standard InChI is InChI=1S/C14H14O4/c1-2-9-7-11(13(15)18-14(16)17)8-10-5-3-4-6-12(9)10/h2-6,9,11H,1,7-8H2,(H,16,17). The Kier molecular flexibility index (Phi) is 3.46. The van der Waals surface area contributed by atoms with Crippen LogP contribution in [0.3, 0.4) is 0 Å². The van der Waals surface area contributed by atoms with Crippen LogP contribution in [0.2, 0.25) is 0 Å². The maximum Gasteiger partial charge on any atom is 0.513 e. The molecular formula is C14H14O4. The van der Waals surface area contributed by atoms with Gasteiger partial charge in [-0.2, -0.15) is 0 Å². The average Bonchev–Trinajstić information content (AvgIpc) is 2.36. The van der Waals surface area contributed by atoms with Crippen molar-refractivity contribution in [1.29, 1.82) is 0 Å². The molecule has 1 aliphatic rings. The predicted molar refractivity (Wildman–Crippen MR) is 65.3 cm³/mol. The summed E-state index contributed by atoms with van der Waals surface area (Å²) >= 11 is 0. The first-order valence-corrected chi connectivity index (χ1v) is 5.76. The molecule has 0 amide bonds. The van der Waals surface area contributed by atoms with Crippen LogP contribution in [0.25, 0.3) is 0 Å².